The molecule has 130 valence electrons. The van der Waals surface area contributed by atoms with Gasteiger partial charge >= 0.3 is 6.03 Å². The maximum absolute atomic E-state index is 12.4. The van der Waals surface area contributed by atoms with Crippen LogP contribution in [0.3, 0.4) is 0 Å². The highest BCUT2D eigenvalue weighted by Crippen LogP contribution is 2.24. The van der Waals surface area contributed by atoms with Crippen LogP contribution >= 0.6 is 0 Å². The Morgan fingerprint density at radius 2 is 2.29 bits per heavy atom. The van der Waals surface area contributed by atoms with Crippen molar-refractivity contribution >= 4 is 11.9 Å². The molecule has 3 heterocycles. The van der Waals surface area contributed by atoms with Crippen LogP contribution in [0.15, 0.2) is 24.5 Å². The summed E-state index contributed by atoms with van der Waals surface area (Å²) in [6.45, 7) is 6.46. The normalized spacial score (nSPS) is 23.5. The minimum absolute atomic E-state index is 0.0163. The molecular formula is C17H24N4O3. The van der Waals surface area contributed by atoms with Crippen molar-refractivity contribution < 1.29 is 14.3 Å². The molecule has 7 nitrogen and oxygen atoms in total. The zero-order chi connectivity index (χ0) is 17.1. The fourth-order valence-electron chi connectivity index (χ4n) is 3.25. The summed E-state index contributed by atoms with van der Waals surface area (Å²) in [6.07, 6.45) is 3.34. The molecule has 3 rings (SSSR count). The first kappa shape index (κ1) is 16.7. The molecule has 3 amide bonds. The number of amides is 3. The smallest absolute Gasteiger partial charge is 0.317 e. The van der Waals surface area contributed by atoms with Crippen LogP contribution in [-0.4, -0.2) is 65.1 Å². The number of pyridine rings is 1. The van der Waals surface area contributed by atoms with Crippen molar-refractivity contribution in [3.05, 3.63) is 30.1 Å². The number of hydrogen-bond acceptors (Lipinski definition) is 4. The predicted octanol–water partition coefficient (Wildman–Crippen LogP) is 0.859. The fraction of sp³-hybridized carbons (Fsp3) is 0.588. The summed E-state index contributed by atoms with van der Waals surface area (Å²) in [7, 11) is 0. The Bertz CT molecular complexity index is 593. The summed E-state index contributed by atoms with van der Waals surface area (Å²) in [5.74, 6) is 0.406. The van der Waals surface area contributed by atoms with Crippen LogP contribution < -0.4 is 5.32 Å². The first-order chi connectivity index (χ1) is 11.5. The highest BCUT2D eigenvalue weighted by Gasteiger charge is 2.44. The molecule has 0 spiro atoms. The van der Waals surface area contributed by atoms with Gasteiger partial charge in [-0.2, -0.15) is 0 Å². The average molecular weight is 332 g/mol. The Balaban J connectivity index is 1.59. The monoisotopic (exact) mass is 332 g/mol. The van der Waals surface area contributed by atoms with Gasteiger partial charge in [0.25, 0.3) is 0 Å². The number of fused-ring (bicyclic) bond motifs is 1. The molecule has 2 atom stereocenters. The second-order valence-corrected chi connectivity index (χ2v) is 6.78. The van der Waals surface area contributed by atoms with E-state index in [1.807, 2.05) is 17.0 Å². The fourth-order valence-corrected chi connectivity index (χ4v) is 3.25. The van der Waals surface area contributed by atoms with Crippen LogP contribution in [-0.2, 0) is 16.1 Å². The summed E-state index contributed by atoms with van der Waals surface area (Å²) >= 11 is 0. The van der Waals surface area contributed by atoms with Gasteiger partial charge in [0, 0.05) is 32.0 Å². The van der Waals surface area contributed by atoms with Crippen LogP contribution in [0.4, 0.5) is 4.79 Å². The zero-order valence-corrected chi connectivity index (χ0v) is 14.1. The first-order valence-corrected chi connectivity index (χ1v) is 8.37. The third-order valence-electron chi connectivity index (χ3n) is 4.39. The van der Waals surface area contributed by atoms with Crippen molar-refractivity contribution in [1.29, 1.82) is 0 Å². The van der Waals surface area contributed by atoms with E-state index in [0.29, 0.717) is 32.1 Å². The third-order valence-corrected chi connectivity index (χ3v) is 4.39. The van der Waals surface area contributed by atoms with Crippen molar-refractivity contribution in [2.75, 3.05) is 26.2 Å². The van der Waals surface area contributed by atoms with E-state index < -0.39 is 0 Å². The molecule has 0 saturated carbocycles. The molecule has 1 aromatic heterocycles. The Kier molecular flexibility index (Phi) is 4.99. The molecule has 2 saturated heterocycles. The second-order valence-electron chi connectivity index (χ2n) is 6.78. The van der Waals surface area contributed by atoms with E-state index >= 15 is 0 Å². The SMILES string of the molecule is CC(C)CN1C(=O)CO[C@H]2CN(C(=O)NCc3cccnc3)C[C@@H]21. The number of rotatable bonds is 4. The van der Waals surface area contributed by atoms with Gasteiger partial charge in [0.1, 0.15) is 6.61 Å². The molecule has 1 aromatic rings. The molecule has 2 fully saturated rings. The number of ether oxygens (including phenoxy) is 1. The average Bonchev–Trinajstić information content (AvgIpc) is 3.00. The number of aromatic nitrogens is 1. The topological polar surface area (TPSA) is 74.8 Å². The third kappa shape index (κ3) is 3.67. The molecule has 0 bridgehead atoms. The van der Waals surface area contributed by atoms with Crippen molar-refractivity contribution in [3.8, 4) is 0 Å². The van der Waals surface area contributed by atoms with Gasteiger partial charge in [-0.3, -0.25) is 9.78 Å². The van der Waals surface area contributed by atoms with Crippen LogP contribution in [0.1, 0.15) is 19.4 Å². The van der Waals surface area contributed by atoms with Gasteiger partial charge in [0.15, 0.2) is 0 Å². The molecule has 0 aliphatic carbocycles. The van der Waals surface area contributed by atoms with Gasteiger partial charge in [-0.1, -0.05) is 19.9 Å². The van der Waals surface area contributed by atoms with E-state index in [9.17, 15) is 9.59 Å². The summed E-state index contributed by atoms with van der Waals surface area (Å²) in [6, 6.07) is 3.59. The Morgan fingerprint density at radius 3 is 3.00 bits per heavy atom. The van der Waals surface area contributed by atoms with Crippen LogP contribution in [0.2, 0.25) is 0 Å². The lowest BCUT2D eigenvalue weighted by molar-refractivity contribution is -0.153. The van der Waals surface area contributed by atoms with E-state index in [-0.39, 0.29) is 30.7 Å². The van der Waals surface area contributed by atoms with Gasteiger partial charge in [-0.15, -0.1) is 0 Å². The standard InChI is InChI=1S/C17H24N4O3/c1-12(2)8-21-14-9-20(10-15(14)24-11-16(21)22)17(23)19-7-13-4-3-5-18-6-13/h3-6,12,14-15H,7-11H2,1-2H3,(H,19,23)/t14-,15-/m0/s1. The lowest BCUT2D eigenvalue weighted by atomic mass is 10.1. The maximum Gasteiger partial charge on any atom is 0.317 e. The Morgan fingerprint density at radius 1 is 1.46 bits per heavy atom. The molecular weight excluding hydrogens is 308 g/mol. The largest absolute Gasteiger partial charge is 0.364 e. The minimum Gasteiger partial charge on any atom is -0.364 e. The van der Waals surface area contributed by atoms with E-state index in [2.05, 4.69) is 24.1 Å². The van der Waals surface area contributed by atoms with E-state index in [1.165, 1.54) is 0 Å². The number of nitrogens with zero attached hydrogens (tertiary/aromatic N) is 3. The second kappa shape index (κ2) is 7.17. The lowest BCUT2D eigenvalue weighted by Crippen LogP contribution is -2.55. The number of carbonyl (C=O) groups excluding carboxylic acids is 2. The predicted molar refractivity (Wildman–Crippen MR) is 88.1 cm³/mol. The van der Waals surface area contributed by atoms with Crippen molar-refractivity contribution in [2.24, 2.45) is 5.92 Å². The summed E-state index contributed by atoms with van der Waals surface area (Å²) in [5.41, 5.74) is 0.954. The Hall–Kier alpha value is -2.15. The highest BCUT2D eigenvalue weighted by atomic mass is 16.5. The number of nitrogens with one attached hydrogen (secondary N) is 1. The van der Waals surface area contributed by atoms with Crippen molar-refractivity contribution in [2.45, 2.75) is 32.5 Å². The molecule has 0 aromatic carbocycles. The first-order valence-electron chi connectivity index (χ1n) is 8.37. The van der Waals surface area contributed by atoms with E-state index in [4.69, 9.17) is 4.74 Å². The van der Waals surface area contributed by atoms with Gasteiger partial charge < -0.3 is 19.9 Å². The highest BCUT2D eigenvalue weighted by molar-refractivity contribution is 5.79. The van der Waals surface area contributed by atoms with Crippen LogP contribution in [0.5, 0.6) is 0 Å². The van der Waals surface area contributed by atoms with Crippen LogP contribution in [0.25, 0.3) is 0 Å². The maximum atomic E-state index is 12.4. The molecule has 0 unspecified atom stereocenters. The van der Waals surface area contributed by atoms with E-state index in [0.717, 1.165) is 5.56 Å². The number of likely N-dealkylation sites (tertiary alicyclic amines) is 1. The lowest BCUT2D eigenvalue weighted by Gasteiger charge is -2.37. The molecule has 24 heavy (non-hydrogen) atoms. The summed E-state index contributed by atoms with van der Waals surface area (Å²) < 4.78 is 5.65. The molecule has 1 N–H and O–H groups in total. The number of carbonyl (C=O) groups is 2. The number of urea groups is 1. The molecule has 2 aliphatic rings. The van der Waals surface area contributed by atoms with Gasteiger partial charge in [0.05, 0.1) is 18.7 Å². The van der Waals surface area contributed by atoms with Crippen molar-refractivity contribution in [3.63, 3.8) is 0 Å². The van der Waals surface area contributed by atoms with Gasteiger partial charge in [0.2, 0.25) is 5.91 Å². The van der Waals surface area contributed by atoms with E-state index in [1.54, 1.807) is 17.3 Å². The number of morpholine rings is 1. The zero-order valence-electron chi connectivity index (χ0n) is 14.1. The molecule has 7 heteroatoms. The number of hydrogen-bond donors (Lipinski definition) is 1. The minimum atomic E-state index is -0.131. The van der Waals surface area contributed by atoms with Crippen molar-refractivity contribution in [1.82, 2.24) is 20.1 Å². The van der Waals surface area contributed by atoms with Gasteiger partial charge in [-0.25, -0.2) is 4.79 Å². The summed E-state index contributed by atoms with van der Waals surface area (Å²) in [4.78, 5) is 32.2. The molecule has 0 radical (unpaired) electrons. The Labute approximate surface area is 142 Å². The molecule has 2 aliphatic heterocycles. The quantitative estimate of drug-likeness (QED) is 0.887. The summed E-state index contributed by atoms with van der Waals surface area (Å²) in [5, 5.41) is 2.91. The van der Waals surface area contributed by atoms with Crippen LogP contribution in [0, 0.1) is 5.92 Å². The van der Waals surface area contributed by atoms with Gasteiger partial charge in [-0.05, 0) is 17.5 Å².